The molecule has 0 unspecified atom stereocenters. The number of methoxy groups -OCH3 is 2. The summed E-state index contributed by atoms with van der Waals surface area (Å²) in [4.78, 5) is 14.4. The Balaban J connectivity index is 1.60. The summed E-state index contributed by atoms with van der Waals surface area (Å²) in [6, 6.07) is 9.81. The molecule has 0 radical (unpaired) electrons. The van der Waals surface area contributed by atoms with E-state index in [9.17, 15) is 4.79 Å². The number of nitrogens with zero attached hydrogens (tertiary/aromatic N) is 1. The fraction of sp³-hybridized carbons (Fsp3) is 0.450. The smallest absolute Gasteiger partial charge is 0.223 e. The fourth-order valence-corrected chi connectivity index (χ4v) is 3.33. The van der Waals surface area contributed by atoms with Crippen molar-refractivity contribution in [2.45, 2.75) is 32.1 Å². The van der Waals surface area contributed by atoms with Crippen LogP contribution in [0, 0.1) is 6.92 Å². The van der Waals surface area contributed by atoms with Crippen LogP contribution in [-0.4, -0.2) is 38.1 Å². The van der Waals surface area contributed by atoms with Crippen LogP contribution in [-0.2, 0) is 11.2 Å². The summed E-state index contributed by atoms with van der Waals surface area (Å²) in [5.41, 5.74) is 1.16. The van der Waals surface area contributed by atoms with E-state index in [1.165, 1.54) is 0 Å². The maximum Gasteiger partial charge on any atom is 0.223 e. The molecule has 5 heteroatoms. The summed E-state index contributed by atoms with van der Waals surface area (Å²) in [7, 11) is 3.30. The van der Waals surface area contributed by atoms with E-state index in [2.05, 4.69) is 0 Å². The highest BCUT2D eigenvalue weighted by molar-refractivity contribution is 5.76. The molecule has 3 rings (SSSR count). The first-order chi connectivity index (χ1) is 12.1. The van der Waals surface area contributed by atoms with Gasteiger partial charge in [0.15, 0.2) is 0 Å². The third-order valence-electron chi connectivity index (χ3n) is 4.77. The Labute approximate surface area is 148 Å². The number of likely N-dealkylation sites (tertiary alicyclic amines) is 1. The molecule has 134 valence electrons. The highest BCUT2D eigenvalue weighted by Gasteiger charge is 2.27. The summed E-state index contributed by atoms with van der Waals surface area (Å²) in [5, 5.41) is 0. The standard InChI is InChI=1S/C20H25NO4/c1-14-4-5-17(25-14)6-7-20(22)21-9-8-15(13-21)16-10-18(23-2)12-19(11-16)24-3/h4-5,10-12,15H,6-9,13H2,1-3H3/t15-/m1/s1. The second-order valence-corrected chi connectivity index (χ2v) is 6.48. The molecule has 1 aliphatic heterocycles. The first-order valence-electron chi connectivity index (χ1n) is 8.65. The van der Waals surface area contributed by atoms with Gasteiger partial charge >= 0.3 is 0 Å². The molecule has 25 heavy (non-hydrogen) atoms. The van der Waals surface area contributed by atoms with Gasteiger partial charge in [0.1, 0.15) is 23.0 Å². The molecular weight excluding hydrogens is 318 g/mol. The quantitative estimate of drug-likeness (QED) is 0.805. The zero-order valence-electron chi connectivity index (χ0n) is 15.1. The van der Waals surface area contributed by atoms with Gasteiger partial charge in [-0.15, -0.1) is 0 Å². The molecule has 1 saturated heterocycles. The van der Waals surface area contributed by atoms with Crippen LogP contribution in [0.4, 0.5) is 0 Å². The van der Waals surface area contributed by atoms with Crippen molar-refractivity contribution in [3.63, 3.8) is 0 Å². The van der Waals surface area contributed by atoms with Crippen LogP contribution in [0.25, 0.3) is 0 Å². The molecule has 1 amide bonds. The summed E-state index contributed by atoms with van der Waals surface area (Å²) in [5.74, 6) is 3.83. The zero-order chi connectivity index (χ0) is 17.8. The zero-order valence-corrected chi connectivity index (χ0v) is 15.1. The molecule has 0 bridgehead atoms. The Bertz CT molecular complexity index is 715. The Hall–Kier alpha value is -2.43. The van der Waals surface area contributed by atoms with Gasteiger partial charge in [-0.05, 0) is 43.2 Å². The number of furan rings is 1. The minimum absolute atomic E-state index is 0.186. The number of amides is 1. The second-order valence-electron chi connectivity index (χ2n) is 6.48. The molecular formula is C20H25NO4. The van der Waals surface area contributed by atoms with Crippen molar-refractivity contribution in [2.24, 2.45) is 0 Å². The van der Waals surface area contributed by atoms with Gasteiger partial charge in [0.05, 0.1) is 14.2 Å². The maximum atomic E-state index is 12.5. The molecule has 1 atom stereocenters. The number of hydrogen-bond donors (Lipinski definition) is 0. The van der Waals surface area contributed by atoms with Crippen LogP contribution < -0.4 is 9.47 Å². The Morgan fingerprint density at radius 2 is 1.92 bits per heavy atom. The van der Waals surface area contributed by atoms with Gasteiger partial charge in [0, 0.05) is 37.9 Å². The monoisotopic (exact) mass is 343 g/mol. The number of benzene rings is 1. The minimum Gasteiger partial charge on any atom is -0.497 e. The van der Waals surface area contributed by atoms with Crippen LogP contribution in [0.3, 0.4) is 0 Å². The average Bonchev–Trinajstić information content (AvgIpc) is 3.28. The first kappa shape index (κ1) is 17.4. The second kappa shape index (κ2) is 7.64. The number of ether oxygens (including phenoxy) is 2. The van der Waals surface area contributed by atoms with Gasteiger partial charge in [-0.2, -0.15) is 0 Å². The molecule has 2 aromatic rings. The Morgan fingerprint density at radius 3 is 2.52 bits per heavy atom. The molecule has 5 nitrogen and oxygen atoms in total. The molecule has 0 spiro atoms. The lowest BCUT2D eigenvalue weighted by Crippen LogP contribution is -2.28. The van der Waals surface area contributed by atoms with E-state index in [0.29, 0.717) is 18.8 Å². The average molecular weight is 343 g/mol. The lowest BCUT2D eigenvalue weighted by atomic mass is 9.98. The molecule has 0 aliphatic carbocycles. The van der Waals surface area contributed by atoms with Crippen molar-refractivity contribution in [3.8, 4) is 11.5 Å². The molecule has 1 aromatic carbocycles. The van der Waals surface area contributed by atoms with Crippen molar-refractivity contribution >= 4 is 5.91 Å². The Morgan fingerprint density at radius 1 is 1.20 bits per heavy atom. The number of rotatable bonds is 6. The molecule has 0 N–H and O–H groups in total. The molecule has 1 aliphatic rings. The van der Waals surface area contributed by atoms with E-state index >= 15 is 0 Å². The normalized spacial score (nSPS) is 16.9. The first-order valence-corrected chi connectivity index (χ1v) is 8.65. The number of carbonyl (C=O) groups is 1. The van der Waals surface area contributed by atoms with Crippen LogP contribution >= 0.6 is 0 Å². The topological polar surface area (TPSA) is 51.9 Å². The molecule has 0 saturated carbocycles. The number of aryl methyl sites for hydroxylation is 2. The lowest BCUT2D eigenvalue weighted by Gasteiger charge is -2.17. The predicted molar refractivity (Wildman–Crippen MR) is 95.3 cm³/mol. The van der Waals surface area contributed by atoms with Crippen LogP contribution in [0.15, 0.2) is 34.7 Å². The summed E-state index contributed by atoms with van der Waals surface area (Å²) in [6.45, 7) is 3.45. The van der Waals surface area contributed by atoms with Gasteiger partial charge in [-0.3, -0.25) is 4.79 Å². The van der Waals surface area contributed by atoms with E-state index in [1.807, 2.05) is 42.2 Å². The molecule has 1 fully saturated rings. The third-order valence-corrected chi connectivity index (χ3v) is 4.77. The van der Waals surface area contributed by atoms with Gasteiger partial charge in [-0.25, -0.2) is 0 Å². The highest BCUT2D eigenvalue weighted by atomic mass is 16.5. The summed E-state index contributed by atoms with van der Waals surface area (Å²) >= 11 is 0. The van der Waals surface area contributed by atoms with Crippen LogP contribution in [0.1, 0.15) is 35.8 Å². The fourth-order valence-electron chi connectivity index (χ4n) is 3.33. The van der Waals surface area contributed by atoms with Crippen molar-refractivity contribution in [2.75, 3.05) is 27.3 Å². The number of carbonyl (C=O) groups excluding carboxylic acids is 1. The van der Waals surface area contributed by atoms with Gasteiger partial charge in [0.25, 0.3) is 0 Å². The largest absolute Gasteiger partial charge is 0.497 e. The maximum absolute atomic E-state index is 12.5. The van der Waals surface area contributed by atoms with E-state index < -0.39 is 0 Å². The third kappa shape index (κ3) is 4.16. The van der Waals surface area contributed by atoms with E-state index in [-0.39, 0.29) is 5.91 Å². The lowest BCUT2D eigenvalue weighted by molar-refractivity contribution is -0.130. The van der Waals surface area contributed by atoms with Crippen LogP contribution in [0.2, 0.25) is 0 Å². The van der Waals surface area contributed by atoms with Gasteiger partial charge in [0.2, 0.25) is 5.91 Å². The van der Waals surface area contributed by atoms with Crippen molar-refractivity contribution in [3.05, 3.63) is 47.4 Å². The van der Waals surface area contributed by atoms with Crippen molar-refractivity contribution in [1.82, 2.24) is 4.90 Å². The van der Waals surface area contributed by atoms with E-state index in [1.54, 1.807) is 14.2 Å². The SMILES string of the molecule is COc1cc(OC)cc([C@@H]2CCN(C(=O)CCc3ccc(C)o3)C2)c1. The molecule has 2 heterocycles. The number of hydrogen-bond acceptors (Lipinski definition) is 4. The van der Waals surface area contributed by atoms with Crippen molar-refractivity contribution in [1.29, 1.82) is 0 Å². The van der Waals surface area contributed by atoms with E-state index in [4.69, 9.17) is 13.9 Å². The summed E-state index contributed by atoms with van der Waals surface area (Å²) < 4.78 is 16.2. The van der Waals surface area contributed by atoms with Crippen molar-refractivity contribution < 1.29 is 18.7 Å². The summed E-state index contributed by atoms with van der Waals surface area (Å²) in [6.07, 6.45) is 2.10. The van der Waals surface area contributed by atoms with E-state index in [0.717, 1.165) is 48.1 Å². The van der Waals surface area contributed by atoms with Gasteiger partial charge in [-0.1, -0.05) is 0 Å². The van der Waals surface area contributed by atoms with Gasteiger partial charge < -0.3 is 18.8 Å². The molecule has 1 aromatic heterocycles. The highest BCUT2D eigenvalue weighted by Crippen LogP contribution is 2.33. The van der Waals surface area contributed by atoms with Crippen LogP contribution in [0.5, 0.6) is 11.5 Å². The Kier molecular flexibility index (Phi) is 5.31. The minimum atomic E-state index is 0.186. The predicted octanol–water partition coefficient (Wildman–Crippen LogP) is 3.55.